The van der Waals surface area contributed by atoms with E-state index < -0.39 is 0 Å². The predicted molar refractivity (Wildman–Crippen MR) is 137 cm³/mol. The molecule has 0 bridgehead atoms. The zero-order chi connectivity index (χ0) is 21.5. The first-order valence-electron chi connectivity index (χ1n) is 11.2. The second-order valence-corrected chi connectivity index (χ2v) is 8.69. The lowest BCUT2D eigenvalue weighted by Crippen LogP contribution is -1.94. The second kappa shape index (κ2) is 6.05. The number of para-hydroxylation sites is 3. The molecule has 33 heavy (non-hydrogen) atoms. The van der Waals surface area contributed by atoms with Crippen LogP contribution in [0, 0.1) is 0 Å². The quantitative estimate of drug-likeness (QED) is 0.283. The molecule has 8 aromatic rings. The zero-order valence-corrected chi connectivity index (χ0v) is 17.7. The number of benzene rings is 5. The van der Waals surface area contributed by atoms with E-state index in [1.165, 1.54) is 32.6 Å². The molecule has 0 aliphatic carbocycles. The van der Waals surface area contributed by atoms with Crippen molar-refractivity contribution >= 4 is 65.6 Å². The molecule has 8 rings (SSSR count). The lowest BCUT2D eigenvalue weighted by atomic mass is 10.1. The Morgan fingerprint density at radius 1 is 0.545 bits per heavy atom. The summed E-state index contributed by atoms with van der Waals surface area (Å²) in [5, 5.41) is 7.28. The Balaban J connectivity index is 1.55. The highest BCUT2D eigenvalue weighted by molar-refractivity contribution is 6.22. The van der Waals surface area contributed by atoms with Crippen LogP contribution >= 0.6 is 0 Å². The molecule has 0 atom stereocenters. The highest BCUT2D eigenvalue weighted by Gasteiger charge is 2.18. The maximum Gasteiger partial charge on any atom is 0.137 e. The van der Waals surface area contributed by atoms with Crippen LogP contribution in [0.25, 0.3) is 71.2 Å². The van der Waals surface area contributed by atoms with Crippen molar-refractivity contribution in [3.8, 4) is 5.69 Å². The van der Waals surface area contributed by atoms with Crippen LogP contribution in [0.3, 0.4) is 0 Å². The number of nitrogens with zero attached hydrogens (tertiary/aromatic N) is 1. The number of fused-ring (bicyclic) bond motifs is 10. The van der Waals surface area contributed by atoms with Gasteiger partial charge in [-0.25, -0.2) is 0 Å². The van der Waals surface area contributed by atoms with Crippen LogP contribution in [0.15, 0.2) is 108 Å². The summed E-state index contributed by atoms with van der Waals surface area (Å²) in [6, 6.07) is 36.5. The Kier molecular flexibility index (Phi) is 3.14. The van der Waals surface area contributed by atoms with Crippen LogP contribution in [0.1, 0.15) is 0 Å². The number of H-pyrrole nitrogens is 1. The van der Waals surface area contributed by atoms with Gasteiger partial charge in [-0.15, -0.1) is 0 Å². The molecule has 3 heteroatoms. The first kappa shape index (κ1) is 17.1. The summed E-state index contributed by atoms with van der Waals surface area (Å²) in [6.45, 7) is 0. The van der Waals surface area contributed by atoms with E-state index in [4.69, 9.17) is 4.42 Å². The van der Waals surface area contributed by atoms with Crippen molar-refractivity contribution in [2.45, 2.75) is 0 Å². The second-order valence-electron chi connectivity index (χ2n) is 8.69. The van der Waals surface area contributed by atoms with Crippen molar-refractivity contribution < 1.29 is 4.42 Å². The third-order valence-electron chi connectivity index (χ3n) is 6.93. The number of nitrogens with one attached hydrogen (secondary N) is 1. The van der Waals surface area contributed by atoms with E-state index in [0.717, 1.165) is 38.7 Å². The summed E-state index contributed by atoms with van der Waals surface area (Å²) in [7, 11) is 0. The van der Waals surface area contributed by atoms with Gasteiger partial charge in [0.2, 0.25) is 0 Å². The number of aromatic amines is 1. The van der Waals surface area contributed by atoms with E-state index in [1.807, 2.05) is 12.1 Å². The lowest BCUT2D eigenvalue weighted by Gasteiger charge is -2.08. The Hall–Kier alpha value is -4.50. The highest BCUT2D eigenvalue weighted by atomic mass is 16.3. The van der Waals surface area contributed by atoms with Gasteiger partial charge in [0.25, 0.3) is 0 Å². The molecule has 3 nitrogen and oxygen atoms in total. The lowest BCUT2D eigenvalue weighted by molar-refractivity contribution is 0.668. The molecule has 0 saturated carbocycles. The van der Waals surface area contributed by atoms with Crippen molar-refractivity contribution in [2.24, 2.45) is 0 Å². The first-order chi connectivity index (χ1) is 16.4. The highest BCUT2D eigenvalue weighted by Crippen LogP contribution is 2.39. The minimum absolute atomic E-state index is 0.906. The molecule has 0 amide bonds. The van der Waals surface area contributed by atoms with Crippen LogP contribution in [-0.4, -0.2) is 9.55 Å². The van der Waals surface area contributed by atoms with Gasteiger partial charge in [-0.1, -0.05) is 66.7 Å². The van der Waals surface area contributed by atoms with E-state index >= 15 is 0 Å². The molecule has 0 radical (unpaired) electrons. The van der Waals surface area contributed by atoms with E-state index in [0.29, 0.717) is 0 Å². The number of aromatic nitrogens is 2. The fourth-order valence-electron chi connectivity index (χ4n) is 5.49. The summed E-state index contributed by atoms with van der Waals surface area (Å²) in [6.07, 6.45) is 0. The topological polar surface area (TPSA) is 33.9 Å². The Morgan fingerprint density at radius 3 is 2.18 bits per heavy atom. The minimum atomic E-state index is 0.906. The average molecular weight is 422 g/mol. The molecular weight excluding hydrogens is 404 g/mol. The van der Waals surface area contributed by atoms with E-state index in [1.54, 1.807) is 0 Å². The summed E-state index contributed by atoms with van der Waals surface area (Å²) >= 11 is 0. The van der Waals surface area contributed by atoms with Gasteiger partial charge in [0, 0.05) is 43.9 Å². The summed E-state index contributed by atoms with van der Waals surface area (Å²) in [5.41, 5.74) is 7.63. The van der Waals surface area contributed by atoms with Gasteiger partial charge >= 0.3 is 0 Å². The third-order valence-corrected chi connectivity index (χ3v) is 6.93. The zero-order valence-electron chi connectivity index (χ0n) is 17.7. The maximum atomic E-state index is 6.23. The summed E-state index contributed by atoms with van der Waals surface area (Å²) < 4.78 is 8.60. The number of rotatable bonds is 1. The van der Waals surface area contributed by atoms with Gasteiger partial charge in [-0.2, -0.15) is 0 Å². The molecule has 3 heterocycles. The first-order valence-corrected chi connectivity index (χ1v) is 11.2. The molecule has 5 aromatic carbocycles. The molecule has 154 valence electrons. The monoisotopic (exact) mass is 422 g/mol. The van der Waals surface area contributed by atoms with Gasteiger partial charge in [0.05, 0.1) is 22.2 Å². The van der Waals surface area contributed by atoms with Gasteiger partial charge in [0.1, 0.15) is 11.2 Å². The van der Waals surface area contributed by atoms with Crippen LogP contribution in [-0.2, 0) is 0 Å². The smallest absolute Gasteiger partial charge is 0.137 e. The molecule has 0 saturated heterocycles. The average Bonchev–Trinajstić information content (AvgIpc) is 3.52. The standard InChI is InChI=1S/C30H18N2O/c1-4-10-25-19(7-1)23-15-16-24-20-8-2-5-11-26(20)32(30(24)29(23)31-25)18-13-14-22-21-9-3-6-12-27(21)33-28(22)17-18/h1-17,31H. The molecular formula is C30H18N2O. The largest absolute Gasteiger partial charge is 0.456 e. The van der Waals surface area contributed by atoms with Gasteiger partial charge in [-0.3, -0.25) is 0 Å². The molecule has 0 aliphatic heterocycles. The van der Waals surface area contributed by atoms with Crippen molar-refractivity contribution in [2.75, 3.05) is 0 Å². The van der Waals surface area contributed by atoms with Crippen LogP contribution < -0.4 is 0 Å². The molecule has 0 unspecified atom stereocenters. The van der Waals surface area contributed by atoms with Crippen LogP contribution in [0.5, 0.6) is 0 Å². The van der Waals surface area contributed by atoms with Crippen molar-refractivity contribution in [1.82, 2.24) is 9.55 Å². The van der Waals surface area contributed by atoms with E-state index in [2.05, 4.69) is 101 Å². The summed E-state index contributed by atoms with van der Waals surface area (Å²) in [5.74, 6) is 0. The molecule has 0 aliphatic rings. The fraction of sp³-hybridized carbons (Fsp3) is 0. The van der Waals surface area contributed by atoms with Gasteiger partial charge in [-0.05, 0) is 30.3 Å². The Bertz CT molecular complexity index is 2030. The molecule has 0 spiro atoms. The van der Waals surface area contributed by atoms with Crippen LogP contribution in [0.2, 0.25) is 0 Å². The normalized spacial score (nSPS) is 12.2. The fourth-order valence-corrected chi connectivity index (χ4v) is 5.49. The molecule has 3 aromatic heterocycles. The van der Waals surface area contributed by atoms with Crippen molar-refractivity contribution in [3.63, 3.8) is 0 Å². The Labute approximate surface area is 188 Å². The number of hydrogen-bond donors (Lipinski definition) is 1. The van der Waals surface area contributed by atoms with E-state index in [-0.39, 0.29) is 0 Å². The number of furan rings is 1. The molecule has 0 fully saturated rings. The predicted octanol–water partition coefficient (Wildman–Crippen LogP) is 8.32. The van der Waals surface area contributed by atoms with Gasteiger partial charge in [0.15, 0.2) is 0 Å². The Morgan fingerprint density at radius 2 is 1.24 bits per heavy atom. The van der Waals surface area contributed by atoms with Crippen LogP contribution in [0.4, 0.5) is 0 Å². The number of hydrogen-bond acceptors (Lipinski definition) is 1. The van der Waals surface area contributed by atoms with Crippen molar-refractivity contribution in [1.29, 1.82) is 0 Å². The molecule has 1 N–H and O–H groups in total. The van der Waals surface area contributed by atoms with Crippen molar-refractivity contribution in [3.05, 3.63) is 103 Å². The third kappa shape index (κ3) is 2.18. The van der Waals surface area contributed by atoms with Gasteiger partial charge < -0.3 is 14.0 Å². The summed E-state index contributed by atoms with van der Waals surface area (Å²) in [4.78, 5) is 3.71. The SMILES string of the molecule is c1ccc2c(c1)[nH]c1c2ccc2c3ccccc3n(-c3ccc4c(c3)oc3ccccc34)c21. The van der Waals surface area contributed by atoms with E-state index in [9.17, 15) is 0 Å². The minimum Gasteiger partial charge on any atom is -0.456 e. The maximum absolute atomic E-state index is 6.23.